The van der Waals surface area contributed by atoms with E-state index < -0.39 is 0 Å². The van der Waals surface area contributed by atoms with Crippen LogP contribution in [0.25, 0.3) is 15.6 Å². The maximum atomic E-state index is 7.49. The van der Waals surface area contributed by atoms with Crippen LogP contribution in [0.3, 0.4) is 0 Å². The minimum Gasteiger partial charge on any atom is -0.458 e. The normalized spacial score (nSPS) is 10.4. The molecule has 0 aliphatic rings. The lowest BCUT2D eigenvalue weighted by molar-refractivity contribution is 0.483. The maximum absolute atomic E-state index is 7.49. The smallest absolute Gasteiger partial charge is 0.275 e. The number of benzene rings is 3. The summed E-state index contributed by atoms with van der Waals surface area (Å²) in [6.45, 7) is 7.49. The number of nitrogens with zero attached hydrogens (tertiary/aromatic N) is 4. The predicted octanol–water partition coefficient (Wildman–Crippen LogP) is 7.14. The summed E-state index contributed by atoms with van der Waals surface area (Å²) >= 11 is 0. The van der Waals surface area contributed by atoms with Crippen molar-refractivity contribution in [1.29, 1.82) is 0 Å². The monoisotopic (exact) mass is 426 g/mol. The van der Waals surface area contributed by atoms with Gasteiger partial charge in [0.25, 0.3) is 11.6 Å². The van der Waals surface area contributed by atoms with Crippen LogP contribution in [-0.4, -0.2) is 15.7 Å². The van der Waals surface area contributed by atoms with Crippen molar-refractivity contribution in [3.05, 3.63) is 132 Å². The third kappa shape index (κ3) is 4.60. The highest BCUT2D eigenvalue weighted by Crippen LogP contribution is 2.31. The van der Waals surface area contributed by atoms with Gasteiger partial charge in [0.2, 0.25) is 0 Å². The zero-order chi connectivity index (χ0) is 22.5. The van der Waals surface area contributed by atoms with E-state index in [9.17, 15) is 0 Å². The molecular formula is C28H18N4O. The summed E-state index contributed by atoms with van der Waals surface area (Å²) < 4.78 is 6.08. The van der Waals surface area contributed by atoms with E-state index in [4.69, 9.17) is 16.3 Å². The van der Waals surface area contributed by atoms with Gasteiger partial charge in [0, 0.05) is 41.0 Å². The van der Waals surface area contributed by atoms with Crippen LogP contribution in [0, 0.1) is 6.57 Å². The number of pyridine rings is 2. The van der Waals surface area contributed by atoms with Crippen LogP contribution in [0.15, 0.2) is 114 Å². The SMILES string of the molecule is [C-]#[N+]c1cc(Oc2ccc3ccncc3c2)cc(N=C(c2ccccc2)c2ccccc2)n1. The van der Waals surface area contributed by atoms with Gasteiger partial charge >= 0.3 is 0 Å². The van der Waals surface area contributed by atoms with Crippen molar-refractivity contribution in [1.82, 2.24) is 9.97 Å². The first-order valence-electron chi connectivity index (χ1n) is 10.4. The number of aromatic nitrogens is 2. The van der Waals surface area contributed by atoms with Crippen molar-refractivity contribution < 1.29 is 4.74 Å². The van der Waals surface area contributed by atoms with Gasteiger partial charge in [0.1, 0.15) is 11.5 Å². The van der Waals surface area contributed by atoms with Crippen molar-refractivity contribution in [3.63, 3.8) is 0 Å². The first-order chi connectivity index (χ1) is 16.3. The number of hydrogen-bond donors (Lipinski definition) is 0. The van der Waals surface area contributed by atoms with E-state index in [2.05, 4.69) is 14.8 Å². The lowest BCUT2D eigenvalue weighted by Gasteiger charge is -2.09. The summed E-state index contributed by atoms with van der Waals surface area (Å²) in [7, 11) is 0. The second kappa shape index (κ2) is 9.13. The zero-order valence-electron chi connectivity index (χ0n) is 17.6. The number of hydrogen-bond acceptors (Lipinski definition) is 4. The van der Waals surface area contributed by atoms with Gasteiger partial charge in [0.05, 0.1) is 5.71 Å². The van der Waals surface area contributed by atoms with Crippen LogP contribution in [0.5, 0.6) is 11.5 Å². The Hall–Kier alpha value is -4.82. The molecule has 5 rings (SSSR count). The van der Waals surface area contributed by atoms with Crippen molar-refractivity contribution in [3.8, 4) is 11.5 Å². The molecule has 0 saturated heterocycles. The Morgan fingerprint density at radius 3 is 2.18 bits per heavy atom. The molecule has 0 amide bonds. The Morgan fingerprint density at radius 1 is 0.758 bits per heavy atom. The molecule has 0 aliphatic heterocycles. The second-order valence-electron chi connectivity index (χ2n) is 7.31. The number of aliphatic imine (C=N–C) groups is 1. The average molecular weight is 426 g/mol. The Kier molecular flexibility index (Phi) is 5.56. The highest BCUT2D eigenvalue weighted by Gasteiger charge is 2.12. The summed E-state index contributed by atoms with van der Waals surface area (Å²) in [5.41, 5.74) is 2.69. The third-order valence-electron chi connectivity index (χ3n) is 5.05. The minimum atomic E-state index is 0.217. The van der Waals surface area contributed by atoms with E-state index >= 15 is 0 Å². The molecule has 156 valence electrons. The molecule has 5 nitrogen and oxygen atoms in total. The van der Waals surface area contributed by atoms with Gasteiger partial charge in [-0.2, -0.15) is 0 Å². The first kappa shape index (κ1) is 20.1. The van der Waals surface area contributed by atoms with Crippen LogP contribution in [0.2, 0.25) is 0 Å². The molecule has 2 heterocycles. The Morgan fingerprint density at radius 2 is 1.48 bits per heavy atom. The maximum Gasteiger partial charge on any atom is 0.275 e. The van der Waals surface area contributed by atoms with Gasteiger partial charge in [-0.25, -0.2) is 4.99 Å². The molecular weight excluding hydrogens is 408 g/mol. The van der Waals surface area contributed by atoms with Gasteiger partial charge in [-0.1, -0.05) is 73.3 Å². The molecule has 0 spiro atoms. The highest BCUT2D eigenvalue weighted by molar-refractivity contribution is 6.13. The standard InChI is InChI=1S/C28H18N4O/c1-29-26-17-25(33-24-13-12-20-14-15-30-19-23(20)16-24)18-27(31-26)32-28(21-8-4-2-5-9-21)22-10-6-3-7-11-22/h2-19H. The fourth-order valence-corrected chi connectivity index (χ4v) is 3.52. The Bertz CT molecular complexity index is 1450. The van der Waals surface area contributed by atoms with Gasteiger partial charge in [-0.15, -0.1) is 4.98 Å². The predicted molar refractivity (Wildman–Crippen MR) is 130 cm³/mol. The molecule has 5 aromatic rings. The molecule has 3 aromatic carbocycles. The topological polar surface area (TPSA) is 51.7 Å². The molecule has 0 bridgehead atoms. The number of rotatable bonds is 5. The van der Waals surface area contributed by atoms with E-state index in [-0.39, 0.29) is 5.82 Å². The van der Waals surface area contributed by atoms with E-state index in [0.29, 0.717) is 17.3 Å². The molecule has 0 fully saturated rings. The van der Waals surface area contributed by atoms with E-state index in [0.717, 1.165) is 27.6 Å². The highest BCUT2D eigenvalue weighted by atomic mass is 16.5. The fourth-order valence-electron chi connectivity index (χ4n) is 3.52. The molecule has 0 N–H and O–H groups in total. The van der Waals surface area contributed by atoms with Crippen LogP contribution in [-0.2, 0) is 0 Å². The van der Waals surface area contributed by atoms with E-state index in [1.165, 1.54) is 0 Å². The van der Waals surface area contributed by atoms with Gasteiger partial charge in [-0.05, 0) is 23.6 Å². The summed E-state index contributed by atoms with van der Waals surface area (Å²) in [6, 6.07) is 30.9. The molecule has 0 saturated carbocycles. The average Bonchev–Trinajstić information content (AvgIpc) is 2.88. The van der Waals surface area contributed by atoms with Crippen LogP contribution in [0.1, 0.15) is 11.1 Å². The lowest BCUT2D eigenvalue weighted by atomic mass is 10.0. The quantitative estimate of drug-likeness (QED) is 0.222. The van der Waals surface area contributed by atoms with Crippen molar-refractivity contribution in [2.75, 3.05) is 0 Å². The van der Waals surface area contributed by atoms with E-state index in [1.54, 1.807) is 24.5 Å². The lowest BCUT2D eigenvalue weighted by Crippen LogP contribution is -2.02. The molecule has 0 radical (unpaired) electrons. The number of fused-ring (bicyclic) bond motifs is 1. The van der Waals surface area contributed by atoms with Gasteiger partial charge in [-0.3, -0.25) is 4.98 Å². The fraction of sp³-hybridized carbons (Fsp3) is 0. The summed E-state index contributed by atoms with van der Waals surface area (Å²) in [5.74, 6) is 1.77. The molecule has 5 heteroatoms. The Balaban J connectivity index is 1.56. The minimum absolute atomic E-state index is 0.217. The number of ether oxygens (including phenoxy) is 1. The van der Waals surface area contributed by atoms with Gasteiger partial charge in [0.15, 0.2) is 0 Å². The summed E-state index contributed by atoms with van der Waals surface area (Å²) in [5, 5.41) is 2.05. The van der Waals surface area contributed by atoms with Crippen molar-refractivity contribution in [2.45, 2.75) is 0 Å². The largest absolute Gasteiger partial charge is 0.458 e. The molecule has 0 unspecified atom stereocenters. The van der Waals surface area contributed by atoms with Gasteiger partial charge < -0.3 is 9.58 Å². The van der Waals surface area contributed by atoms with E-state index in [1.807, 2.05) is 84.9 Å². The zero-order valence-corrected chi connectivity index (χ0v) is 17.6. The van der Waals surface area contributed by atoms with Crippen LogP contribution >= 0.6 is 0 Å². The van der Waals surface area contributed by atoms with Crippen molar-refractivity contribution in [2.24, 2.45) is 4.99 Å². The molecule has 2 aromatic heterocycles. The first-order valence-corrected chi connectivity index (χ1v) is 10.4. The second-order valence-corrected chi connectivity index (χ2v) is 7.31. The molecule has 0 atom stereocenters. The summed E-state index contributed by atoms with van der Waals surface area (Å²) in [4.78, 5) is 16.9. The summed E-state index contributed by atoms with van der Waals surface area (Å²) in [6.07, 6.45) is 3.55. The van der Waals surface area contributed by atoms with Crippen molar-refractivity contribution >= 4 is 28.1 Å². The molecule has 0 aliphatic carbocycles. The third-order valence-corrected chi connectivity index (χ3v) is 5.05. The van der Waals surface area contributed by atoms with Crippen LogP contribution in [0.4, 0.5) is 11.6 Å². The Labute approximate surface area is 191 Å². The van der Waals surface area contributed by atoms with Crippen LogP contribution < -0.4 is 4.74 Å². The molecule has 33 heavy (non-hydrogen) atoms.